The summed E-state index contributed by atoms with van der Waals surface area (Å²) < 4.78 is 34.9. The Morgan fingerprint density at radius 1 is 1.33 bits per heavy atom. The van der Waals surface area contributed by atoms with Crippen LogP contribution in [-0.4, -0.2) is 42.6 Å². The first-order chi connectivity index (χ1) is 14.2. The van der Waals surface area contributed by atoms with Gasteiger partial charge in [-0.1, -0.05) is 0 Å². The number of pyridine rings is 1. The Morgan fingerprint density at radius 2 is 2.03 bits per heavy atom. The molecule has 30 heavy (non-hydrogen) atoms. The van der Waals surface area contributed by atoms with E-state index in [4.69, 9.17) is 16.3 Å². The SMILES string of the molecule is COC(=O)C1CCN(c2ncc(C(=O)Nc3ccc(OC(F)(F)Cl)cc3)cc2Br)C1. The van der Waals surface area contributed by atoms with Gasteiger partial charge in [-0.15, -0.1) is 8.78 Å². The molecule has 2 heterocycles. The van der Waals surface area contributed by atoms with Gasteiger partial charge in [0.2, 0.25) is 0 Å². The summed E-state index contributed by atoms with van der Waals surface area (Å²) in [6, 6.07) is 6.95. The number of hydrogen-bond donors (Lipinski definition) is 1. The molecule has 1 N–H and O–H groups in total. The van der Waals surface area contributed by atoms with E-state index in [-0.39, 0.29) is 17.6 Å². The molecule has 1 aromatic heterocycles. The van der Waals surface area contributed by atoms with E-state index in [0.717, 1.165) is 0 Å². The van der Waals surface area contributed by atoms with Gasteiger partial charge in [-0.05, 0) is 52.7 Å². The third-order valence-electron chi connectivity index (χ3n) is 4.45. The minimum absolute atomic E-state index is 0.141. The number of carbonyl (C=O) groups is 2. The number of nitrogens with one attached hydrogen (secondary N) is 1. The van der Waals surface area contributed by atoms with Crippen molar-refractivity contribution in [2.45, 2.75) is 12.0 Å². The lowest BCUT2D eigenvalue weighted by atomic mass is 10.1. The van der Waals surface area contributed by atoms with E-state index < -0.39 is 11.5 Å². The molecule has 0 aliphatic carbocycles. The van der Waals surface area contributed by atoms with Crippen molar-refractivity contribution in [3.8, 4) is 5.75 Å². The molecule has 1 unspecified atom stereocenters. The highest BCUT2D eigenvalue weighted by molar-refractivity contribution is 9.10. The number of nitrogens with zero attached hydrogens (tertiary/aromatic N) is 2. The Kier molecular flexibility index (Phi) is 6.77. The van der Waals surface area contributed by atoms with Crippen LogP contribution in [0.3, 0.4) is 0 Å². The van der Waals surface area contributed by atoms with Crippen LogP contribution in [0.25, 0.3) is 0 Å². The third-order valence-corrected chi connectivity index (χ3v) is 5.11. The van der Waals surface area contributed by atoms with Crippen LogP contribution in [0.15, 0.2) is 41.0 Å². The van der Waals surface area contributed by atoms with Crippen molar-refractivity contribution in [2.24, 2.45) is 5.92 Å². The molecule has 2 aromatic rings. The van der Waals surface area contributed by atoms with Crippen LogP contribution in [0.2, 0.25) is 0 Å². The number of hydrogen-bond acceptors (Lipinski definition) is 6. The average Bonchev–Trinajstić information content (AvgIpc) is 3.17. The highest BCUT2D eigenvalue weighted by Crippen LogP contribution is 2.30. The van der Waals surface area contributed by atoms with Gasteiger partial charge in [0.15, 0.2) is 0 Å². The van der Waals surface area contributed by atoms with Crippen molar-refractivity contribution in [2.75, 3.05) is 30.4 Å². The normalized spacial score (nSPS) is 16.3. The number of ether oxygens (including phenoxy) is 2. The van der Waals surface area contributed by atoms with Gasteiger partial charge >= 0.3 is 11.5 Å². The first kappa shape index (κ1) is 22.2. The Balaban J connectivity index is 1.65. The number of amides is 1. The van der Waals surface area contributed by atoms with E-state index in [0.29, 0.717) is 41.1 Å². The molecule has 0 bridgehead atoms. The van der Waals surface area contributed by atoms with Crippen LogP contribution < -0.4 is 15.0 Å². The summed E-state index contributed by atoms with van der Waals surface area (Å²) in [6.45, 7) is 1.13. The fourth-order valence-corrected chi connectivity index (χ4v) is 3.73. The molecule has 160 valence electrons. The Morgan fingerprint density at radius 3 is 2.63 bits per heavy atom. The molecule has 0 radical (unpaired) electrons. The maximum atomic E-state index is 12.6. The second-order valence-corrected chi connectivity index (χ2v) is 7.80. The van der Waals surface area contributed by atoms with Crippen molar-refractivity contribution in [1.82, 2.24) is 4.98 Å². The number of anilines is 2. The average molecular weight is 505 g/mol. The Labute approximate surface area is 184 Å². The molecule has 1 amide bonds. The lowest BCUT2D eigenvalue weighted by Crippen LogP contribution is -2.25. The minimum Gasteiger partial charge on any atom is -0.469 e. The molecule has 1 atom stereocenters. The summed E-state index contributed by atoms with van der Waals surface area (Å²) in [6.07, 6.45) is 2.09. The third kappa shape index (κ3) is 5.57. The highest BCUT2D eigenvalue weighted by atomic mass is 79.9. The molecule has 7 nitrogen and oxygen atoms in total. The first-order valence-corrected chi connectivity index (χ1v) is 9.99. The number of aromatic nitrogens is 1. The van der Waals surface area contributed by atoms with Crippen LogP contribution in [0.5, 0.6) is 5.75 Å². The lowest BCUT2D eigenvalue weighted by Gasteiger charge is -2.19. The highest BCUT2D eigenvalue weighted by Gasteiger charge is 2.31. The lowest BCUT2D eigenvalue weighted by molar-refractivity contribution is -0.144. The monoisotopic (exact) mass is 503 g/mol. The number of rotatable bonds is 6. The second kappa shape index (κ2) is 9.13. The second-order valence-electron chi connectivity index (χ2n) is 6.51. The van der Waals surface area contributed by atoms with Crippen LogP contribution in [0.4, 0.5) is 20.3 Å². The number of methoxy groups -OCH3 is 1. The van der Waals surface area contributed by atoms with Crippen LogP contribution >= 0.6 is 27.5 Å². The van der Waals surface area contributed by atoms with Gasteiger partial charge in [0.1, 0.15) is 11.6 Å². The van der Waals surface area contributed by atoms with Gasteiger partial charge in [-0.25, -0.2) is 4.98 Å². The maximum Gasteiger partial charge on any atom is 0.487 e. The Bertz CT molecular complexity index is 940. The standard InChI is InChI=1S/C19H17BrClF2N3O4/c1-29-18(28)11-6-7-26(10-11)16-15(20)8-12(9-24-16)17(27)25-13-2-4-14(5-3-13)30-19(21,22)23/h2-5,8-9,11H,6-7,10H2,1H3,(H,25,27). The molecule has 1 saturated heterocycles. The largest absolute Gasteiger partial charge is 0.487 e. The van der Waals surface area contributed by atoms with Gasteiger partial charge in [0, 0.05) is 36.6 Å². The van der Waals surface area contributed by atoms with Gasteiger partial charge < -0.3 is 19.7 Å². The van der Waals surface area contributed by atoms with E-state index >= 15 is 0 Å². The predicted octanol–water partition coefficient (Wildman–Crippen LogP) is 4.26. The van der Waals surface area contributed by atoms with Crippen LogP contribution in [-0.2, 0) is 9.53 Å². The Hall–Kier alpha value is -2.46. The maximum absolute atomic E-state index is 12.6. The smallest absolute Gasteiger partial charge is 0.469 e. The van der Waals surface area contributed by atoms with E-state index in [1.807, 2.05) is 4.90 Å². The van der Waals surface area contributed by atoms with Gasteiger partial charge in [0.25, 0.3) is 5.91 Å². The molecule has 1 aliphatic rings. The van der Waals surface area contributed by atoms with Gasteiger partial charge in [0.05, 0.1) is 23.1 Å². The molecular formula is C19H17BrClF2N3O4. The van der Waals surface area contributed by atoms with Crippen molar-refractivity contribution >= 4 is 50.9 Å². The van der Waals surface area contributed by atoms with Crippen molar-refractivity contribution in [3.63, 3.8) is 0 Å². The fraction of sp³-hybridized carbons (Fsp3) is 0.316. The van der Waals surface area contributed by atoms with Crippen LogP contribution in [0.1, 0.15) is 16.8 Å². The van der Waals surface area contributed by atoms with E-state index in [2.05, 4.69) is 31.0 Å². The summed E-state index contributed by atoms with van der Waals surface area (Å²) in [7, 11) is 1.36. The predicted molar refractivity (Wildman–Crippen MR) is 110 cm³/mol. The van der Waals surface area contributed by atoms with Crippen LogP contribution in [0, 0.1) is 5.92 Å². The number of alkyl halides is 3. The molecule has 1 aliphatic heterocycles. The van der Waals surface area contributed by atoms with Gasteiger partial charge in [-0.3, -0.25) is 9.59 Å². The van der Waals surface area contributed by atoms with E-state index in [9.17, 15) is 18.4 Å². The van der Waals surface area contributed by atoms with Crippen molar-refractivity contribution in [1.29, 1.82) is 0 Å². The zero-order valence-electron chi connectivity index (χ0n) is 15.7. The number of halogens is 4. The molecule has 1 fully saturated rings. The van der Waals surface area contributed by atoms with E-state index in [1.165, 1.54) is 37.6 Å². The molecular weight excluding hydrogens is 488 g/mol. The quantitative estimate of drug-likeness (QED) is 0.468. The topological polar surface area (TPSA) is 80.8 Å². The fourth-order valence-electron chi connectivity index (χ4n) is 3.04. The number of carbonyl (C=O) groups excluding carboxylic acids is 2. The molecule has 0 saturated carbocycles. The summed E-state index contributed by atoms with van der Waals surface area (Å²) in [5.74, 6) is -0.410. The summed E-state index contributed by atoms with van der Waals surface area (Å²) in [5.41, 5.74) is -3.13. The number of benzene rings is 1. The van der Waals surface area contributed by atoms with Crippen molar-refractivity contribution < 1.29 is 27.8 Å². The zero-order valence-corrected chi connectivity index (χ0v) is 18.0. The van der Waals surface area contributed by atoms with Crippen molar-refractivity contribution in [3.05, 3.63) is 46.6 Å². The summed E-state index contributed by atoms with van der Waals surface area (Å²) >= 11 is 8.14. The van der Waals surface area contributed by atoms with Gasteiger partial charge in [-0.2, -0.15) is 0 Å². The summed E-state index contributed by atoms with van der Waals surface area (Å²) in [5, 5.41) is 2.64. The molecule has 11 heteroatoms. The molecule has 1 aromatic carbocycles. The molecule has 3 rings (SSSR count). The number of esters is 1. The zero-order chi connectivity index (χ0) is 21.9. The minimum atomic E-state index is -3.81. The summed E-state index contributed by atoms with van der Waals surface area (Å²) in [4.78, 5) is 30.5. The van der Waals surface area contributed by atoms with E-state index in [1.54, 1.807) is 6.07 Å². The first-order valence-electron chi connectivity index (χ1n) is 8.82. The molecule has 0 spiro atoms.